The largest absolute Gasteiger partial charge is 0.508 e. The second kappa shape index (κ2) is 5.02. The summed E-state index contributed by atoms with van der Waals surface area (Å²) in [6.07, 6.45) is 1.66. The number of likely N-dealkylation sites (tertiary alicyclic amines) is 1. The van der Waals surface area contributed by atoms with Crippen molar-refractivity contribution in [3.05, 3.63) is 28.8 Å². The molecule has 0 aromatic heterocycles. The van der Waals surface area contributed by atoms with Crippen LogP contribution in [0.4, 0.5) is 0 Å². The molecule has 1 aromatic carbocycles. The van der Waals surface area contributed by atoms with Crippen LogP contribution >= 0.6 is 0 Å². The van der Waals surface area contributed by atoms with E-state index in [0.29, 0.717) is 18.1 Å². The molecule has 1 aliphatic carbocycles. The van der Waals surface area contributed by atoms with Crippen LogP contribution in [0, 0.1) is 12.8 Å². The van der Waals surface area contributed by atoms with Gasteiger partial charge in [0.2, 0.25) is 0 Å². The van der Waals surface area contributed by atoms with Gasteiger partial charge in [0.1, 0.15) is 5.75 Å². The molecule has 1 saturated heterocycles. The summed E-state index contributed by atoms with van der Waals surface area (Å²) in [4.78, 5) is 13.6. The van der Waals surface area contributed by atoms with Crippen molar-refractivity contribution in [2.45, 2.75) is 51.6 Å². The molecule has 1 fully saturated rings. The molecule has 1 aromatic rings. The molecule has 3 rings (SSSR count). The number of aryl methyl sites for hydroxylation is 1. The van der Waals surface area contributed by atoms with E-state index in [-0.39, 0.29) is 18.0 Å². The third kappa shape index (κ3) is 2.13. The van der Waals surface area contributed by atoms with Gasteiger partial charge in [-0.25, -0.2) is 0 Å². The first kappa shape index (κ1) is 14.4. The molecule has 21 heavy (non-hydrogen) atoms. The van der Waals surface area contributed by atoms with Gasteiger partial charge in [-0.2, -0.15) is 0 Å². The predicted molar refractivity (Wildman–Crippen MR) is 80.5 cm³/mol. The van der Waals surface area contributed by atoms with Gasteiger partial charge in [-0.3, -0.25) is 9.69 Å². The van der Waals surface area contributed by atoms with Gasteiger partial charge in [-0.05, 0) is 56.3 Å². The SMILES string of the molecule is Cc1ccc(O)c2c1C(C)CC2N1CCC(C(=O)O)C1C. The first-order valence-corrected chi connectivity index (χ1v) is 7.72. The standard InChI is InChI=1S/C17H23NO3/c1-9-4-5-14(19)16-13(8-10(2)15(9)16)18-7-6-12(11(18)3)17(20)21/h4-5,10-13,19H,6-8H2,1-3H3,(H,20,21). The number of aromatic hydroxyl groups is 1. The first-order chi connectivity index (χ1) is 9.91. The molecular formula is C17H23NO3. The van der Waals surface area contributed by atoms with Gasteiger partial charge in [-0.1, -0.05) is 13.0 Å². The predicted octanol–water partition coefficient (Wildman–Crippen LogP) is 3.04. The number of carboxylic acids is 1. The highest BCUT2D eigenvalue weighted by Crippen LogP contribution is 2.50. The fourth-order valence-electron chi connectivity index (χ4n) is 4.34. The van der Waals surface area contributed by atoms with Crippen LogP contribution in [-0.4, -0.2) is 33.7 Å². The van der Waals surface area contributed by atoms with Gasteiger partial charge in [0, 0.05) is 17.6 Å². The van der Waals surface area contributed by atoms with Crippen molar-refractivity contribution in [3.63, 3.8) is 0 Å². The van der Waals surface area contributed by atoms with Crippen molar-refractivity contribution in [2.24, 2.45) is 5.92 Å². The molecule has 114 valence electrons. The first-order valence-electron chi connectivity index (χ1n) is 7.72. The summed E-state index contributed by atoms with van der Waals surface area (Å²) in [6.45, 7) is 7.08. The Labute approximate surface area is 125 Å². The Morgan fingerprint density at radius 3 is 2.62 bits per heavy atom. The van der Waals surface area contributed by atoms with Crippen molar-refractivity contribution in [3.8, 4) is 5.75 Å². The molecule has 0 radical (unpaired) electrons. The van der Waals surface area contributed by atoms with Crippen molar-refractivity contribution in [1.29, 1.82) is 0 Å². The molecule has 0 bridgehead atoms. The number of aliphatic carboxylic acids is 1. The highest BCUT2D eigenvalue weighted by molar-refractivity contribution is 5.71. The summed E-state index contributed by atoms with van der Waals surface area (Å²) in [5, 5.41) is 19.6. The van der Waals surface area contributed by atoms with E-state index in [4.69, 9.17) is 0 Å². The maximum atomic E-state index is 11.3. The number of carbonyl (C=O) groups is 1. The lowest BCUT2D eigenvalue weighted by molar-refractivity contribution is -0.142. The second-order valence-corrected chi connectivity index (χ2v) is 6.59. The molecule has 0 saturated carbocycles. The van der Waals surface area contributed by atoms with Crippen molar-refractivity contribution < 1.29 is 15.0 Å². The number of phenolic OH excluding ortho intramolecular Hbond substituents is 1. The second-order valence-electron chi connectivity index (χ2n) is 6.59. The lowest BCUT2D eigenvalue weighted by Gasteiger charge is -2.30. The fraction of sp³-hybridized carbons (Fsp3) is 0.588. The summed E-state index contributed by atoms with van der Waals surface area (Å²) in [5.74, 6) is -0.231. The number of carboxylic acid groups (broad SMARTS) is 1. The van der Waals surface area contributed by atoms with Gasteiger partial charge in [-0.15, -0.1) is 0 Å². The minimum absolute atomic E-state index is 0.0190. The third-order valence-electron chi connectivity index (χ3n) is 5.41. The van der Waals surface area contributed by atoms with Crippen molar-refractivity contribution in [1.82, 2.24) is 4.90 Å². The van der Waals surface area contributed by atoms with Gasteiger partial charge >= 0.3 is 5.97 Å². The smallest absolute Gasteiger partial charge is 0.308 e. The zero-order valence-electron chi connectivity index (χ0n) is 12.8. The third-order valence-corrected chi connectivity index (χ3v) is 5.41. The molecule has 4 unspecified atom stereocenters. The molecule has 2 aliphatic rings. The quantitative estimate of drug-likeness (QED) is 0.878. The Bertz CT molecular complexity index is 584. The average Bonchev–Trinajstić information content (AvgIpc) is 2.95. The molecule has 0 amide bonds. The Morgan fingerprint density at radius 2 is 2.00 bits per heavy atom. The van der Waals surface area contributed by atoms with Crippen LogP contribution in [0.2, 0.25) is 0 Å². The van der Waals surface area contributed by atoms with Crippen molar-refractivity contribution in [2.75, 3.05) is 6.54 Å². The van der Waals surface area contributed by atoms with Gasteiger partial charge in [0.15, 0.2) is 0 Å². The lowest BCUT2D eigenvalue weighted by Crippen LogP contribution is -2.35. The monoisotopic (exact) mass is 289 g/mol. The molecular weight excluding hydrogens is 266 g/mol. The van der Waals surface area contributed by atoms with E-state index in [2.05, 4.69) is 18.7 Å². The highest BCUT2D eigenvalue weighted by atomic mass is 16.4. The molecule has 4 nitrogen and oxygen atoms in total. The number of hydrogen-bond acceptors (Lipinski definition) is 3. The zero-order chi connectivity index (χ0) is 15.3. The summed E-state index contributed by atoms with van der Waals surface area (Å²) >= 11 is 0. The molecule has 4 atom stereocenters. The summed E-state index contributed by atoms with van der Waals surface area (Å²) in [7, 11) is 0. The molecule has 1 aliphatic heterocycles. The molecule has 4 heteroatoms. The van der Waals surface area contributed by atoms with E-state index < -0.39 is 5.97 Å². The van der Waals surface area contributed by atoms with Crippen LogP contribution in [0.5, 0.6) is 5.75 Å². The maximum absolute atomic E-state index is 11.3. The lowest BCUT2D eigenvalue weighted by atomic mass is 9.97. The van der Waals surface area contributed by atoms with Crippen LogP contribution < -0.4 is 0 Å². The Kier molecular flexibility index (Phi) is 3.44. The topological polar surface area (TPSA) is 60.8 Å². The summed E-state index contributed by atoms with van der Waals surface area (Å²) < 4.78 is 0. The summed E-state index contributed by atoms with van der Waals surface area (Å²) in [6, 6.07) is 3.91. The number of benzene rings is 1. The maximum Gasteiger partial charge on any atom is 0.308 e. The Hall–Kier alpha value is -1.55. The number of fused-ring (bicyclic) bond motifs is 1. The molecule has 0 spiro atoms. The average molecular weight is 289 g/mol. The highest BCUT2D eigenvalue weighted by Gasteiger charge is 2.43. The normalized spacial score (nSPS) is 32.3. The van der Waals surface area contributed by atoms with E-state index >= 15 is 0 Å². The van der Waals surface area contributed by atoms with Gasteiger partial charge in [0.05, 0.1) is 5.92 Å². The Morgan fingerprint density at radius 1 is 1.29 bits per heavy atom. The van der Waals surface area contributed by atoms with Crippen LogP contribution in [0.3, 0.4) is 0 Å². The number of hydrogen-bond donors (Lipinski definition) is 2. The van der Waals surface area contributed by atoms with Gasteiger partial charge in [0.25, 0.3) is 0 Å². The van der Waals surface area contributed by atoms with Gasteiger partial charge < -0.3 is 10.2 Å². The van der Waals surface area contributed by atoms with E-state index in [1.54, 1.807) is 6.07 Å². The van der Waals surface area contributed by atoms with Crippen LogP contribution in [-0.2, 0) is 4.79 Å². The van der Waals surface area contributed by atoms with E-state index in [9.17, 15) is 15.0 Å². The van der Waals surface area contributed by atoms with Crippen LogP contribution in [0.25, 0.3) is 0 Å². The zero-order valence-corrected chi connectivity index (χ0v) is 12.8. The number of rotatable bonds is 2. The van der Waals surface area contributed by atoms with E-state index in [0.717, 1.165) is 18.5 Å². The summed E-state index contributed by atoms with van der Waals surface area (Å²) in [5.41, 5.74) is 3.51. The minimum atomic E-state index is -0.704. The minimum Gasteiger partial charge on any atom is -0.508 e. The van der Waals surface area contributed by atoms with Crippen LogP contribution in [0.1, 0.15) is 55.3 Å². The van der Waals surface area contributed by atoms with E-state index in [1.165, 1.54) is 11.1 Å². The van der Waals surface area contributed by atoms with Crippen molar-refractivity contribution >= 4 is 5.97 Å². The molecule has 1 heterocycles. The molecule has 2 N–H and O–H groups in total. The van der Waals surface area contributed by atoms with E-state index in [1.807, 2.05) is 13.0 Å². The number of phenols is 1. The number of nitrogens with zero attached hydrogens (tertiary/aromatic N) is 1. The van der Waals surface area contributed by atoms with Crippen LogP contribution in [0.15, 0.2) is 12.1 Å². The Balaban J connectivity index is 1.97. The fourth-order valence-corrected chi connectivity index (χ4v) is 4.34.